The molecule has 1 aromatic carbocycles. The highest BCUT2D eigenvalue weighted by Gasteiger charge is 2.21. The van der Waals surface area contributed by atoms with Crippen molar-refractivity contribution in [2.75, 3.05) is 6.54 Å². The van der Waals surface area contributed by atoms with E-state index in [0.717, 1.165) is 5.56 Å². The van der Waals surface area contributed by atoms with E-state index in [0.29, 0.717) is 13.1 Å². The minimum absolute atomic E-state index is 0.314. The van der Waals surface area contributed by atoms with Crippen LogP contribution in [0.2, 0.25) is 0 Å². The summed E-state index contributed by atoms with van der Waals surface area (Å²) in [6.07, 6.45) is 1.39. The first kappa shape index (κ1) is 14.3. The zero-order chi connectivity index (χ0) is 13.6. The van der Waals surface area contributed by atoms with E-state index in [-0.39, 0.29) is 6.09 Å². The second-order valence-electron chi connectivity index (χ2n) is 5.14. The molecular formula is C15H21NO2. The number of ether oxygens (including phenoxy) is 1. The summed E-state index contributed by atoms with van der Waals surface area (Å²) < 4.78 is 5.36. The lowest BCUT2D eigenvalue weighted by Crippen LogP contribution is -2.36. The third kappa shape index (κ3) is 5.04. The molecule has 1 rings (SSSR count). The van der Waals surface area contributed by atoms with Crippen molar-refractivity contribution in [2.45, 2.75) is 32.9 Å². The molecule has 0 spiro atoms. The van der Waals surface area contributed by atoms with Crippen LogP contribution in [0.5, 0.6) is 0 Å². The molecule has 0 atom stereocenters. The lowest BCUT2D eigenvalue weighted by molar-refractivity contribution is 0.0257. The summed E-state index contributed by atoms with van der Waals surface area (Å²) in [6, 6.07) is 9.84. The number of hydrogen-bond acceptors (Lipinski definition) is 2. The van der Waals surface area contributed by atoms with Crippen LogP contribution in [0.4, 0.5) is 4.79 Å². The van der Waals surface area contributed by atoms with Crippen molar-refractivity contribution in [1.29, 1.82) is 0 Å². The van der Waals surface area contributed by atoms with Crippen LogP contribution in [0, 0.1) is 0 Å². The number of nitrogens with zero attached hydrogens (tertiary/aromatic N) is 1. The molecule has 0 aliphatic rings. The standard InChI is InChI=1S/C15H21NO2/c1-5-11-16(14(17)18-15(2,3)4)12-13-9-7-6-8-10-13/h5-10H,1,11-12H2,2-4H3. The predicted molar refractivity (Wildman–Crippen MR) is 73.3 cm³/mol. The Morgan fingerprint density at radius 3 is 2.44 bits per heavy atom. The molecule has 0 aromatic heterocycles. The van der Waals surface area contributed by atoms with Crippen molar-refractivity contribution >= 4 is 6.09 Å². The van der Waals surface area contributed by atoms with E-state index in [1.165, 1.54) is 0 Å². The molecule has 0 heterocycles. The lowest BCUT2D eigenvalue weighted by Gasteiger charge is -2.26. The van der Waals surface area contributed by atoms with E-state index in [1.807, 2.05) is 51.1 Å². The van der Waals surface area contributed by atoms with Crippen molar-refractivity contribution in [2.24, 2.45) is 0 Å². The monoisotopic (exact) mass is 247 g/mol. The van der Waals surface area contributed by atoms with Crippen molar-refractivity contribution in [3.05, 3.63) is 48.6 Å². The van der Waals surface area contributed by atoms with Crippen molar-refractivity contribution in [3.63, 3.8) is 0 Å². The van der Waals surface area contributed by atoms with Crippen LogP contribution in [-0.4, -0.2) is 23.1 Å². The van der Waals surface area contributed by atoms with Crippen molar-refractivity contribution < 1.29 is 9.53 Å². The SMILES string of the molecule is C=CCN(Cc1ccccc1)C(=O)OC(C)(C)C. The smallest absolute Gasteiger partial charge is 0.410 e. The molecule has 0 aliphatic heterocycles. The van der Waals surface area contributed by atoms with E-state index in [4.69, 9.17) is 4.74 Å². The molecule has 0 bridgehead atoms. The second-order valence-corrected chi connectivity index (χ2v) is 5.14. The Labute approximate surface area is 109 Å². The van der Waals surface area contributed by atoms with Gasteiger partial charge in [-0.2, -0.15) is 0 Å². The normalized spacial score (nSPS) is 10.8. The van der Waals surface area contributed by atoms with Gasteiger partial charge < -0.3 is 9.64 Å². The maximum Gasteiger partial charge on any atom is 0.410 e. The molecule has 98 valence electrons. The van der Waals surface area contributed by atoms with Crippen molar-refractivity contribution in [3.8, 4) is 0 Å². The molecule has 0 N–H and O–H groups in total. The second kappa shape index (κ2) is 6.24. The molecule has 3 heteroatoms. The van der Waals surface area contributed by atoms with Gasteiger partial charge in [-0.1, -0.05) is 36.4 Å². The number of benzene rings is 1. The van der Waals surface area contributed by atoms with Gasteiger partial charge in [0.15, 0.2) is 0 Å². The molecule has 1 amide bonds. The summed E-state index contributed by atoms with van der Waals surface area (Å²) in [5.41, 5.74) is 0.595. The molecular weight excluding hydrogens is 226 g/mol. The van der Waals surface area contributed by atoms with Gasteiger partial charge in [-0.15, -0.1) is 6.58 Å². The van der Waals surface area contributed by atoms with Crippen molar-refractivity contribution in [1.82, 2.24) is 4.90 Å². The average molecular weight is 247 g/mol. The van der Waals surface area contributed by atoms with E-state index in [9.17, 15) is 4.79 Å². The maximum absolute atomic E-state index is 12.0. The molecule has 3 nitrogen and oxygen atoms in total. The number of carbonyl (C=O) groups excluding carboxylic acids is 1. The van der Waals surface area contributed by atoms with Crippen LogP contribution in [0.3, 0.4) is 0 Å². The number of hydrogen-bond donors (Lipinski definition) is 0. The fourth-order valence-electron chi connectivity index (χ4n) is 1.49. The van der Waals surface area contributed by atoms with Gasteiger partial charge in [0.05, 0.1) is 0 Å². The first-order chi connectivity index (χ1) is 8.42. The Balaban J connectivity index is 2.71. The molecule has 18 heavy (non-hydrogen) atoms. The molecule has 0 unspecified atom stereocenters. The average Bonchev–Trinajstić information content (AvgIpc) is 2.27. The fraction of sp³-hybridized carbons (Fsp3) is 0.400. The summed E-state index contributed by atoms with van der Waals surface area (Å²) in [5, 5.41) is 0. The molecule has 1 aromatic rings. The number of rotatable bonds is 4. The first-order valence-corrected chi connectivity index (χ1v) is 6.05. The maximum atomic E-state index is 12.0. The molecule has 0 saturated carbocycles. The highest BCUT2D eigenvalue weighted by atomic mass is 16.6. The van der Waals surface area contributed by atoms with Gasteiger partial charge in [0.2, 0.25) is 0 Å². The number of amides is 1. The van der Waals surface area contributed by atoms with Gasteiger partial charge in [-0.05, 0) is 26.3 Å². The van der Waals surface area contributed by atoms with Gasteiger partial charge >= 0.3 is 6.09 Å². The van der Waals surface area contributed by atoms with Gasteiger partial charge in [0.25, 0.3) is 0 Å². The quantitative estimate of drug-likeness (QED) is 0.761. The largest absolute Gasteiger partial charge is 0.444 e. The zero-order valence-electron chi connectivity index (χ0n) is 11.3. The van der Waals surface area contributed by atoms with Crippen LogP contribution < -0.4 is 0 Å². The molecule has 0 radical (unpaired) electrons. The van der Waals surface area contributed by atoms with Crippen LogP contribution in [0.1, 0.15) is 26.3 Å². The summed E-state index contributed by atoms with van der Waals surface area (Å²) in [7, 11) is 0. The van der Waals surface area contributed by atoms with Gasteiger partial charge in [0, 0.05) is 13.1 Å². The highest BCUT2D eigenvalue weighted by Crippen LogP contribution is 2.12. The Bertz CT molecular complexity index is 393. The summed E-state index contributed by atoms with van der Waals surface area (Å²) >= 11 is 0. The van der Waals surface area contributed by atoms with Gasteiger partial charge in [0.1, 0.15) is 5.60 Å². The topological polar surface area (TPSA) is 29.5 Å². The highest BCUT2D eigenvalue weighted by molar-refractivity contribution is 5.68. The lowest BCUT2D eigenvalue weighted by atomic mass is 10.2. The van der Waals surface area contributed by atoms with Crippen LogP contribution in [0.25, 0.3) is 0 Å². The minimum atomic E-state index is -0.479. The van der Waals surface area contributed by atoms with Crippen LogP contribution in [-0.2, 0) is 11.3 Å². The molecule has 0 aliphatic carbocycles. The van der Waals surface area contributed by atoms with E-state index in [2.05, 4.69) is 6.58 Å². The summed E-state index contributed by atoms with van der Waals surface area (Å²) in [5.74, 6) is 0. The Morgan fingerprint density at radius 1 is 1.33 bits per heavy atom. The predicted octanol–water partition coefficient (Wildman–Crippen LogP) is 3.61. The van der Waals surface area contributed by atoms with E-state index < -0.39 is 5.60 Å². The third-order valence-corrected chi connectivity index (χ3v) is 2.22. The Kier molecular flexibility index (Phi) is 4.95. The summed E-state index contributed by atoms with van der Waals surface area (Å²) in [6.45, 7) is 10.3. The van der Waals surface area contributed by atoms with E-state index >= 15 is 0 Å². The van der Waals surface area contributed by atoms with Gasteiger partial charge in [-0.25, -0.2) is 4.79 Å². The number of carbonyl (C=O) groups is 1. The molecule has 0 fully saturated rings. The summed E-state index contributed by atoms with van der Waals surface area (Å²) in [4.78, 5) is 13.6. The first-order valence-electron chi connectivity index (χ1n) is 6.05. The minimum Gasteiger partial charge on any atom is -0.444 e. The Hall–Kier alpha value is -1.77. The van der Waals surface area contributed by atoms with Gasteiger partial charge in [-0.3, -0.25) is 0 Å². The Morgan fingerprint density at radius 2 is 1.94 bits per heavy atom. The third-order valence-electron chi connectivity index (χ3n) is 2.22. The zero-order valence-corrected chi connectivity index (χ0v) is 11.3. The van der Waals surface area contributed by atoms with Crippen LogP contribution >= 0.6 is 0 Å². The van der Waals surface area contributed by atoms with E-state index in [1.54, 1.807) is 11.0 Å². The van der Waals surface area contributed by atoms with Crippen LogP contribution in [0.15, 0.2) is 43.0 Å². The molecule has 0 saturated heterocycles. The fourth-order valence-corrected chi connectivity index (χ4v) is 1.49.